The van der Waals surface area contributed by atoms with Crippen LogP contribution in [0.25, 0.3) is 10.9 Å². The van der Waals surface area contributed by atoms with Gasteiger partial charge in [0.15, 0.2) is 0 Å². The maximum atomic E-state index is 13.1. The minimum Gasteiger partial charge on any atom is -0.494 e. The summed E-state index contributed by atoms with van der Waals surface area (Å²) in [6, 6.07) is 15.0. The number of fused-ring (bicyclic) bond motifs is 1. The first-order valence-electron chi connectivity index (χ1n) is 10.7. The average molecular weight is 466 g/mol. The first-order chi connectivity index (χ1) is 15.9. The largest absolute Gasteiger partial charge is 0.494 e. The summed E-state index contributed by atoms with van der Waals surface area (Å²) in [5.41, 5.74) is 4.14. The molecule has 1 atom stereocenters. The Hall–Kier alpha value is -3.45. The van der Waals surface area contributed by atoms with Crippen LogP contribution in [-0.4, -0.2) is 39.8 Å². The van der Waals surface area contributed by atoms with Gasteiger partial charge in [-0.15, -0.1) is 0 Å². The van der Waals surface area contributed by atoms with Crippen molar-refractivity contribution >= 4 is 40.1 Å². The first kappa shape index (κ1) is 22.7. The highest BCUT2D eigenvalue weighted by Gasteiger charge is 2.34. The molecule has 0 saturated carbocycles. The molecule has 7 nitrogen and oxygen atoms in total. The standard InChI is InChI=1S/C25H24ClN3O4/c1-15-6-3-7-16(12-15)19-14-20(29(28-19)22(30)10-5-11-23(31)32)18-13-17-8-4-9-21(33-2)24(17)27-25(18)26/h3-4,6-9,12-13,20H,5,10-11,14H2,1-2H3,(H,31,32)/t20-/m1/s1. The van der Waals surface area contributed by atoms with E-state index >= 15 is 0 Å². The normalized spacial score (nSPS) is 15.5. The van der Waals surface area contributed by atoms with E-state index in [1.54, 1.807) is 7.11 Å². The smallest absolute Gasteiger partial charge is 0.303 e. The summed E-state index contributed by atoms with van der Waals surface area (Å²) >= 11 is 6.61. The molecule has 1 aliphatic heterocycles. The molecule has 0 fully saturated rings. The lowest BCUT2D eigenvalue weighted by molar-refractivity contribution is -0.137. The molecular formula is C25H24ClN3O4. The van der Waals surface area contributed by atoms with Crippen LogP contribution in [0.5, 0.6) is 5.75 Å². The van der Waals surface area contributed by atoms with Gasteiger partial charge in [0.05, 0.1) is 18.9 Å². The van der Waals surface area contributed by atoms with E-state index in [1.807, 2.05) is 55.5 Å². The zero-order valence-corrected chi connectivity index (χ0v) is 19.2. The van der Waals surface area contributed by atoms with Gasteiger partial charge in [-0.25, -0.2) is 9.99 Å². The zero-order valence-electron chi connectivity index (χ0n) is 18.4. The van der Waals surface area contributed by atoms with Crippen LogP contribution in [0.3, 0.4) is 0 Å². The van der Waals surface area contributed by atoms with Crippen molar-refractivity contribution in [1.29, 1.82) is 0 Å². The molecule has 0 unspecified atom stereocenters. The summed E-state index contributed by atoms with van der Waals surface area (Å²) in [5.74, 6) is -0.558. The summed E-state index contributed by atoms with van der Waals surface area (Å²) in [7, 11) is 1.58. The maximum absolute atomic E-state index is 13.1. The number of nitrogens with zero attached hydrogens (tertiary/aromatic N) is 3. The van der Waals surface area contributed by atoms with E-state index in [1.165, 1.54) is 5.01 Å². The summed E-state index contributed by atoms with van der Waals surface area (Å²) < 4.78 is 5.40. The van der Waals surface area contributed by atoms with Crippen molar-refractivity contribution < 1.29 is 19.4 Å². The molecule has 0 bridgehead atoms. The summed E-state index contributed by atoms with van der Waals surface area (Å²) in [5, 5.41) is 16.1. The Morgan fingerprint density at radius 2 is 1.97 bits per heavy atom. The third kappa shape index (κ3) is 4.83. The third-order valence-corrected chi connectivity index (χ3v) is 5.97. The SMILES string of the molecule is COc1cccc2cc([C@H]3CC(c4cccc(C)c4)=NN3C(=O)CCCC(=O)O)c(Cl)nc12. The molecule has 4 rings (SSSR count). The Morgan fingerprint density at radius 3 is 2.70 bits per heavy atom. The van der Waals surface area contributed by atoms with E-state index in [0.717, 1.165) is 22.2 Å². The molecule has 2 aromatic carbocycles. The number of para-hydroxylation sites is 1. The van der Waals surface area contributed by atoms with Crippen molar-refractivity contribution in [1.82, 2.24) is 9.99 Å². The third-order valence-electron chi connectivity index (χ3n) is 5.67. The first-order valence-corrected chi connectivity index (χ1v) is 11.1. The minimum absolute atomic E-state index is 0.0726. The predicted octanol–water partition coefficient (Wildman–Crippen LogP) is 5.14. The van der Waals surface area contributed by atoms with Crippen LogP contribution in [0.4, 0.5) is 0 Å². The molecule has 0 radical (unpaired) electrons. The molecule has 1 N–H and O–H groups in total. The highest BCUT2D eigenvalue weighted by atomic mass is 35.5. The molecule has 2 heterocycles. The second kappa shape index (κ2) is 9.58. The van der Waals surface area contributed by atoms with Gasteiger partial charge in [0.25, 0.3) is 0 Å². The van der Waals surface area contributed by atoms with Gasteiger partial charge >= 0.3 is 5.97 Å². The number of hydrogen-bond acceptors (Lipinski definition) is 5. The number of carboxylic acids is 1. The van der Waals surface area contributed by atoms with Gasteiger partial charge in [0.1, 0.15) is 16.4 Å². The highest BCUT2D eigenvalue weighted by Crippen LogP contribution is 2.38. The van der Waals surface area contributed by atoms with Crippen LogP contribution in [0.15, 0.2) is 53.6 Å². The van der Waals surface area contributed by atoms with Crippen LogP contribution in [-0.2, 0) is 9.59 Å². The number of benzene rings is 2. The monoisotopic (exact) mass is 465 g/mol. The Balaban J connectivity index is 1.72. The second-order valence-corrected chi connectivity index (χ2v) is 8.38. The van der Waals surface area contributed by atoms with E-state index < -0.39 is 12.0 Å². The Morgan fingerprint density at radius 1 is 1.18 bits per heavy atom. The number of carbonyl (C=O) groups is 2. The molecule has 1 aromatic heterocycles. The Kier molecular flexibility index (Phi) is 6.60. The van der Waals surface area contributed by atoms with Gasteiger partial charge in [-0.2, -0.15) is 5.10 Å². The van der Waals surface area contributed by atoms with Crippen molar-refractivity contribution in [3.63, 3.8) is 0 Å². The van der Waals surface area contributed by atoms with Crippen LogP contribution in [0, 0.1) is 6.92 Å². The van der Waals surface area contributed by atoms with Crippen molar-refractivity contribution in [3.05, 3.63) is 70.4 Å². The number of methoxy groups -OCH3 is 1. The van der Waals surface area contributed by atoms with Crippen molar-refractivity contribution in [3.8, 4) is 5.75 Å². The number of carboxylic acid groups (broad SMARTS) is 1. The molecule has 8 heteroatoms. The van der Waals surface area contributed by atoms with Gasteiger partial charge in [0.2, 0.25) is 5.91 Å². The van der Waals surface area contributed by atoms with Crippen molar-refractivity contribution in [2.45, 2.75) is 38.6 Å². The van der Waals surface area contributed by atoms with Crippen LogP contribution < -0.4 is 4.74 Å². The number of aryl methyl sites for hydroxylation is 1. The highest BCUT2D eigenvalue weighted by molar-refractivity contribution is 6.30. The fourth-order valence-electron chi connectivity index (χ4n) is 4.05. The number of carbonyl (C=O) groups excluding carboxylic acids is 1. The molecule has 1 aliphatic rings. The second-order valence-electron chi connectivity index (χ2n) is 8.02. The van der Waals surface area contributed by atoms with Gasteiger partial charge in [-0.1, -0.05) is 53.6 Å². The number of hydrogen-bond donors (Lipinski definition) is 1. The van der Waals surface area contributed by atoms with Crippen LogP contribution >= 0.6 is 11.6 Å². The molecule has 170 valence electrons. The Bertz CT molecular complexity index is 1260. The predicted molar refractivity (Wildman–Crippen MR) is 127 cm³/mol. The summed E-state index contributed by atoms with van der Waals surface area (Å²) in [6.45, 7) is 2.00. The summed E-state index contributed by atoms with van der Waals surface area (Å²) in [6.07, 6.45) is 0.731. The van der Waals surface area contributed by atoms with Gasteiger partial charge < -0.3 is 9.84 Å². The van der Waals surface area contributed by atoms with Crippen LogP contribution in [0.2, 0.25) is 5.15 Å². The van der Waals surface area contributed by atoms with Crippen molar-refractivity contribution in [2.24, 2.45) is 5.10 Å². The lowest BCUT2D eigenvalue weighted by Crippen LogP contribution is -2.27. The minimum atomic E-state index is -0.930. The topological polar surface area (TPSA) is 92.1 Å². The lowest BCUT2D eigenvalue weighted by Gasteiger charge is -2.23. The van der Waals surface area contributed by atoms with E-state index in [4.69, 9.17) is 21.4 Å². The average Bonchev–Trinajstić information content (AvgIpc) is 3.23. The number of hydrazone groups is 1. The number of ether oxygens (including phenoxy) is 1. The molecular weight excluding hydrogens is 442 g/mol. The van der Waals surface area contributed by atoms with E-state index in [0.29, 0.717) is 23.3 Å². The van der Waals surface area contributed by atoms with Crippen molar-refractivity contribution in [2.75, 3.05) is 7.11 Å². The molecule has 3 aromatic rings. The molecule has 0 aliphatic carbocycles. The van der Waals surface area contributed by atoms with Crippen LogP contribution in [0.1, 0.15) is 48.4 Å². The fourth-order valence-corrected chi connectivity index (χ4v) is 4.32. The Labute approximate surface area is 196 Å². The molecule has 1 amide bonds. The van der Waals surface area contributed by atoms with E-state index in [2.05, 4.69) is 10.1 Å². The summed E-state index contributed by atoms with van der Waals surface area (Å²) in [4.78, 5) is 28.5. The number of pyridine rings is 1. The molecule has 0 saturated heterocycles. The quantitative estimate of drug-likeness (QED) is 0.488. The van der Waals surface area contributed by atoms with Gasteiger partial charge in [0, 0.05) is 30.2 Å². The van der Waals surface area contributed by atoms with E-state index in [-0.39, 0.29) is 30.3 Å². The number of amides is 1. The molecule has 33 heavy (non-hydrogen) atoms. The van der Waals surface area contributed by atoms with Gasteiger partial charge in [-0.05, 0) is 31.0 Å². The lowest BCUT2D eigenvalue weighted by atomic mass is 9.97. The number of halogens is 1. The maximum Gasteiger partial charge on any atom is 0.303 e. The number of rotatable bonds is 7. The fraction of sp³-hybridized carbons (Fsp3) is 0.280. The zero-order chi connectivity index (χ0) is 23.5. The number of aliphatic carboxylic acids is 1. The molecule has 0 spiro atoms. The van der Waals surface area contributed by atoms with E-state index in [9.17, 15) is 9.59 Å². The van der Waals surface area contributed by atoms with Gasteiger partial charge in [-0.3, -0.25) is 9.59 Å². The number of aromatic nitrogens is 1.